The Morgan fingerprint density at radius 1 is 1.28 bits per heavy atom. The molecule has 1 unspecified atom stereocenters. The summed E-state index contributed by atoms with van der Waals surface area (Å²) in [6, 6.07) is 5.22. The second kappa shape index (κ2) is 10.0. The molecule has 2 aliphatic rings. The van der Waals surface area contributed by atoms with Gasteiger partial charge in [0.1, 0.15) is 11.9 Å². The first-order chi connectivity index (χ1) is 14.0. The van der Waals surface area contributed by atoms with Gasteiger partial charge in [0.05, 0.1) is 0 Å². The predicted octanol–water partition coefficient (Wildman–Crippen LogP) is 1.29. The van der Waals surface area contributed by atoms with Crippen LogP contribution in [0.3, 0.4) is 0 Å². The molecule has 0 aromatic heterocycles. The number of rotatable bonds is 5. The first kappa shape index (κ1) is 21.5. The van der Waals surface area contributed by atoms with Crippen molar-refractivity contribution in [2.45, 2.75) is 32.0 Å². The number of guanidine groups is 1. The number of ether oxygens (including phenoxy) is 1. The normalized spacial score (nSPS) is 20.4. The molecular formula is C21H32FN5O2. The van der Waals surface area contributed by atoms with Gasteiger partial charge in [0.15, 0.2) is 5.96 Å². The lowest BCUT2D eigenvalue weighted by Crippen LogP contribution is -2.55. The van der Waals surface area contributed by atoms with Gasteiger partial charge in [-0.1, -0.05) is 6.07 Å². The van der Waals surface area contributed by atoms with Crippen molar-refractivity contribution in [3.05, 3.63) is 35.1 Å². The number of benzene rings is 1. The number of amides is 1. The predicted molar refractivity (Wildman–Crippen MR) is 111 cm³/mol. The summed E-state index contributed by atoms with van der Waals surface area (Å²) in [6.07, 6.45) is 1.54. The molecule has 7 nitrogen and oxygen atoms in total. The molecule has 0 radical (unpaired) electrons. The number of halogens is 1. The molecule has 1 aromatic carbocycles. The van der Waals surface area contributed by atoms with Gasteiger partial charge < -0.3 is 24.8 Å². The van der Waals surface area contributed by atoms with Gasteiger partial charge >= 0.3 is 0 Å². The van der Waals surface area contributed by atoms with Crippen LogP contribution in [0, 0.1) is 5.82 Å². The summed E-state index contributed by atoms with van der Waals surface area (Å²) in [5.41, 5.74) is 1.70. The highest BCUT2D eigenvalue weighted by Gasteiger charge is 2.30. The Morgan fingerprint density at radius 2 is 2.00 bits per heavy atom. The molecule has 2 heterocycles. The lowest BCUT2D eigenvalue weighted by molar-refractivity contribution is -0.142. The number of nitrogens with zero attached hydrogens (tertiary/aromatic N) is 4. The van der Waals surface area contributed by atoms with E-state index in [4.69, 9.17) is 4.74 Å². The van der Waals surface area contributed by atoms with Gasteiger partial charge in [0, 0.05) is 58.5 Å². The third kappa shape index (κ3) is 5.67. The zero-order valence-corrected chi connectivity index (χ0v) is 17.7. The Kier molecular flexibility index (Phi) is 7.44. The Bertz CT molecular complexity index is 726. The number of piperazine rings is 1. The van der Waals surface area contributed by atoms with Crippen LogP contribution < -0.4 is 5.32 Å². The number of aliphatic imine (C=N–C) groups is 1. The van der Waals surface area contributed by atoms with Crippen LogP contribution >= 0.6 is 0 Å². The largest absolute Gasteiger partial charge is 0.368 e. The van der Waals surface area contributed by atoms with Crippen LogP contribution in [0.25, 0.3) is 0 Å². The third-order valence-electron chi connectivity index (χ3n) is 5.36. The summed E-state index contributed by atoms with van der Waals surface area (Å²) in [6.45, 7) is 4.62. The van der Waals surface area contributed by atoms with Crippen molar-refractivity contribution in [1.82, 2.24) is 20.0 Å². The number of hydrogen-bond donors (Lipinski definition) is 1. The highest BCUT2D eigenvalue weighted by Crippen LogP contribution is 2.16. The molecule has 0 bridgehead atoms. The standard InChI is InChI=1S/C21H32FN5O2/c1-23-21(24-14-16-6-7-18(22)17(13-16)15-25(2)3)27-10-8-26(9-11-27)20(28)19-5-4-12-29-19/h6-7,13,19H,4-5,8-12,14-15H2,1-3H3,(H,23,24). The molecular weight excluding hydrogens is 373 g/mol. The van der Waals surface area contributed by atoms with E-state index in [0.29, 0.717) is 38.3 Å². The summed E-state index contributed by atoms with van der Waals surface area (Å²) in [5, 5.41) is 3.37. The van der Waals surface area contributed by atoms with E-state index in [-0.39, 0.29) is 17.8 Å². The van der Waals surface area contributed by atoms with Crippen molar-refractivity contribution < 1.29 is 13.9 Å². The maximum atomic E-state index is 14.0. The molecule has 29 heavy (non-hydrogen) atoms. The smallest absolute Gasteiger partial charge is 0.251 e. The zero-order chi connectivity index (χ0) is 20.8. The second-order valence-corrected chi connectivity index (χ2v) is 7.88. The molecule has 1 N–H and O–H groups in total. The molecule has 1 atom stereocenters. The first-order valence-electron chi connectivity index (χ1n) is 10.3. The minimum absolute atomic E-state index is 0.116. The van der Waals surface area contributed by atoms with Crippen molar-refractivity contribution >= 4 is 11.9 Å². The average molecular weight is 406 g/mol. The molecule has 0 saturated carbocycles. The summed E-state index contributed by atoms with van der Waals surface area (Å²) in [5.74, 6) is 0.733. The summed E-state index contributed by atoms with van der Waals surface area (Å²) in [7, 11) is 5.61. The van der Waals surface area contributed by atoms with Crippen LogP contribution in [-0.2, 0) is 22.6 Å². The van der Waals surface area contributed by atoms with Gasteiger partial charge in [-0.05, 0) is 44.6 Å². The maximum absolute atomic E-state index is 14.0. The van der Waals surface area contributed by atoms with E-state index in [0.717, 1.165) is 37.5 Å². The molecule has 2 aliphatic heterocycles. The van der Waals surface area contributed by atoms with Crippen LogP contribution in [0.15, 0.2) is 23.2 Å². The quantitative estimate of drug-likeness (QED) is 0.591. The average Bonchev–Trinajstić information content (AvgIpc) is 3.25. The minimum atomic E-state index is -0.256. The summed E-state index contributed by atoms with van der Waals surface area (Å²) in [4.78, 5) is 22.9. The second-order valence-electron chi connectivity index (χ2n) is 7.88. The number of hydrogen-bond acceptors (Lipinski definition) is 4. The molecule has 1 aromatic rings. The van der Waals surface area contributed by atoms with Crippen molar-refractivity contribution in [3.8, 4) is 0 Å². The molecule has 1 amide bonds. The van der Waals surface area contributed by atoms with Gasteiger partial charge in [-0.15, -0.1) is 0 Å². The fraction of sp³-hybridized carbons (Fsp3) is 0.619. The maximum Gasteiger partial charge on any atom is 0.251 e. The van der Waals surface area contributed by atoms with Crippen LogP contribution in [0.1, 0.15) is 24.0 Å². The molecule has 2 saturated heterocycles. The molecule has 3 rings (SSSR count). The number of nitrogens with one attached hydrogen (secondary N) is 1. The fourth-order valence-corrected chi connectivity index (χ4v) is 3.83. The molecule has 0 spiro atoms. The van der Waals surface area contributed by atoms with Gasteiger partial charge in [-0.25, -0.2) is 4.39 Å². The summed E-state index contributed by atoms with van der Waals surface area (Å²) < 4.78 is 19.5. The van der Waals surface area contributed by atoms with Crippen molar-refractivity contribution in [2.24, 2.45) is 4.99 Å². The fourth-order valence-electron chi connectivity index (χ4n) is 3.83. The van der Waals surface area contributed by atoms with Crippen molar-refractivity contribution in [2.75, 3.05) is 53.9 Å². The van der Waals surface area contributed by atoms with Crippen LogP contribution in [0.2, 0.25) is 0 Å². The number of carbonyl (C=O) groups excluding carboxylic acids is 1. The van der Waals surface area contributed by atoms with Crippen LogP contribution in [0.4, 0.5) is 4.39 Å². The molecule has 160 valence electrons. The molecule has 8 heteroatoms. The van der Waals surface area contributed by atoms with E-state index < -0.39 is 0 Å². The third-order valence-corrected chi connectivity index (χ3v) is 5.36. The number of carbonyl (C=O) groups is 1. The van der Waals surface area contributed by atoms with Gasteiger partial charge in [-0.3, -0.25) is 9.79 Å². The Balaban J connectivity index is 1.52. The topological polar surface area (TPSA) is 60.4 Å². The molecule has 0 aliphatic carbocycles. The van der Waals surface area contributed by atoms with Crippen LogP contribution in [-0.4, -0.2) is 86.6 Å². The van der Waals surface area contributed by atoms with E-state index >= 15 is 0 Å². The van der Waals surface area contributed by atoms with Crippen molar-refractivity contribution in [3.63, 3.8) is 0 Å². The minimum Gasteiger partial charge on any atom is -0.368 e. The Hall–Kier alpha value is -2.19. The summed E-state index contributed by atoms with van der Waals surface area (Å²) >= 11 is 0. The van der Waals surface area contributed by atoms with Gasteiger partial charge in [0.25, 0.3) is 5.91 Å². The highest BCUT2D eigenvalue weighted by atomic mass is 19.1. The lowest BCUT2D eigenvalue weighted by atomic mass is 10.1. The van der Waals surface area contributed by atoms with Crippen LogP contribution in [0.5, 0.6) is 0 Å². The van der Waals surface area contributed by atoms with E-state index in [1.807, 2.05) is 30.0 Å². The zero-order valence-electron chi connectivity index (χ0n) is 17.7. The Morgan fingerprint density at radius 3 is 2.62 bits per heavy atom. The molecule has 2 fully saturated rings. The van der Waals surface area contributed by atoms with Gasteiger partial charge in [0.2, 0.25) is 0 Å². The highest BCUT2D eigenvalue weighted by molar-refractivity contribution is 5.82. The van der Waals surface area contributed by atoms with Gasteiger partial charge in [-0.2, -0.15) is 0 Å². The Labute approximate surface area is 172 Å². The monoisotopic (exact) mass is 405 g/mol. The van der Waals surface area contributed by atoms with Crippen molar-refractivity contribution in [1.29, 1.82) is 0 Å². The van der Waals surface area contributed by atoms with E-state index in [1.54, 1.807) is 13.1 Å². The van der Waals surface area contributed by atoms with E-state index in [1.165, 1.54) is 6.07 Å². The SMILES string of the molecule is CN=C(NCc1ccc(F)c(CN(C)C)c1)N1CCN(C(=O)C2CCCO2)CC1. The lowest BCUT2D eigenvalue weighted by Gasteiger charge is -2.37. The van der Waals surface area contributed by atoms with E-state index in [9.17, 15) is 9.18 Å². The van der Waals surface area contributed by atoms with E-state index in [2.05, 4.69) is 15.2 Å². The first-order valence-corrected chi connectivity index (χ1v) is 10.3.